The number of aliphatic hydroxyl groups is 1. The second-order valence-electron chi connectivity index (χ2n) is 10.2. The van der Waals surface area contributed by atoms with E-state index in [2.05, 4.69) is 93.6 Å². The SMILES string of the molecule is CC(C)(C)[Si](OC[C@@H]1C[C@@H](OCc2ccccc2)[C@H]1CO)(c1ccccc1)c1ccccc1. The summed E-state index contributed by atoms with van der Waals surface area (Å²) in [6.07, 6.45) is 1.01. The maximum absolute atomic E-state index is 10.1. The molecule has 1 saturated carbocycles. The van der Waals surface area contributed by atoms with Crippen LogP contribution in [0.15, 0.2) is 91.0 Å². The van der Waals surface area contributed by atoms with Crippen molar-refractivity contribution in [3.05, 3.63) is 96.6 Å². The molecule has 0 bridgehead atoms. The van der Waals surface area contributed by atoms with E-state index >= 15 is 0 Å². The molecule has 0 amide bonds. The Balaban J connectivity index is 1.52. The zero-order chi connectivity index (χ0) is 23.3. The van der Waals surface area contributed by atoms with Crippen molar-refractivity contribution in [2.24, 2.45) is 11.8 Å². The van der Waals surface area contributed by atoms with Crippen molar-refractivity contribution in [3.8, 4) is 0 Å². The van der Waals surface area contributed by atoms with Crippen LogP contribution in [-0.4, -0.2) is 32.7 Å². The lowest BCUT2D eigenvalue weighted by atomic mass is 9.72. The lowest BCUT2D eigenvalue weighted by molar-refractivity contribution is -0.121. The van der Waals surface area contributed by atoms with Gasteiger partial charge in [-0.1, -0.05) is 112 Å². The van der Waals surface area contributed by atoms with Gasteiger partial charge in [0.1, 0.15) is 0 Å². The molecule has 3 aromatic rings. The van der Waals surface area contributed by atoms with E-state index < -0.39 is 8.32 Å². The van der Waals surface area contributed by atoms with Crippen molar-refractivity contribution in [2.45, 2.75) is 44.9 Å². The van der Waals surface area contributed by atoms with Gasteiger partial charge in [0, 0.05) is 19.1 Å². The topological polar surface area (TPSA) is 38.7 Å². The van der Waals surface area contributed by atoms with Gasteiger partial charge in [-0.05, 0) is 33.3 Å². The van der Waals surface area contributed by atoms with E-state index in [1.807, 2.05) is 18.2 Å². The van der Waals surface area contributed by atoms with E-state index in [0.29, 0.717) is 19.1 Å². The van der Waals surface area contributed by atoms with Gasteiger partial charge in [-0.2, -0.15) is 0 Å². The smallest absolute Gasteiger partial charge is 0.261 e. The predicted octanol–water partition coefficient (Wildman–Crippen LogP) is 4.78. The molecule has 0 saturated heterocycles. The van der Waals surface area contributed by atoms with Gasteiger partial charge in [0.25, 0.3) is 8.32 Å². The standard InChI is InChI=1S/C29H36O3Si/c1-29(2,3)33(25-15-9-5-10-16-25,26-17-11-6-12-18-26)32-22-24-19-28(27(24)20-30)31-21-23-13-7-4-8-14-23/h4-18,24,27-28,30H,19-22H2,1-3H3/t24-,27-,28+/m0/s1. The molecule has 0 heterocycles. The average Bonchev–Trinajstić information content (AvgIpc) is 2.82. The highest BCUT2D eigenvalue weighted by Gasteiger charge is 2.51. The molecule has 174 valence electrons. The van der Waals surface area contributed by atoms with Crippen LogP contribution in [0.2, 0.25) is 5.04 Å². The molecule has 1 N–H and O–H groups in total. The van der Waals surface area contributed by atoms with Crippen LogP contribution in [0.5, 0.6) is 0 Å². The zero-order valence-electron chi connectivity index (χ0n) is 20.0. The molecule has 1 aliphatic rings. The van der Waals surface area contributed by atoms with Crippen LogP contribution in [0.4, 0.5) is 0 Å². The maximum Gasteiger partial charge on any atom is 0.261 e. The largest absolute Gasteiger partial charge is 0.407 e. The van der Waals surface area contributed by atoms with Crippen molar-refractivity contribution < 1.29 is 14.3 Å². The Hall–Kier alpha value is -2.24. The first kappa shape index (κ1) is 23.9. The molecular formula is C29H36O3Si. The Morgan fingerprint density at radius 1 is 0.818 bits per heavy atom. The van der Waals surface area contributed by atoms with Gasteiger partial charge in [-0.25, -0.2) is 0 Å². The summed E-state index contributed by atoms with van der Waals surface area (Å²) in [7, 11) is -2.55. The van der Waals surface area contributed by atoms with Gasteiger partial charge >= 0.3 is 0 Å². The first-order valence-corrected chi connectivity index (χ1v) is 13.9. The Morgan fingerprint density at radius 3 is 1.82 bits per heavy atom. The van der Waals surface area contributed by atoms with E-state index in [9.17, 15) is 5.11 Å². The number of ether oxygens (including phenoxy) is 1. The first-order chi connectivity index (χ1) is 16.0. The molecular weight excluding hydrogens is 424 g/mol. The van der Waals surface area contributed by atoms with Crippen molar-refractivity contribution >= 4 is 18.7 Å². The number of hydrogen-bond acceptors (Lipinski definition) is 3. The third kappa shape index (κ3) is 4.99. The van der Waals surface area contributed by atoms with Gasteiger partial charge in [0.05, 0.1) is 12.7 Å². The van der Waals surface area contributed by atoms with Gasteiger partial charge in [0.2, 0.25) is 0 Å². The quantitative estimate of drug-likeness (QED) is 0.467. The molecule has 0 aromatic heterocycles. The molecule has 4 rings (SSSR count). The summed E-state index contributed by atoms with van der Waals surface area (Å²) < 4.78 is 13.2. The van der Waals surface area contributed by atoms with E-state index in [4.69, 9.17) is 9.16 Å². The number of hydrogen-bond donors (Lipinski definition) is 1. The van der Waals surface area contributed by atoms with Gasteiger partial charge < -0.3 is 14.3 Å². The summed E-state index contributed by atoms with van der Waals surface area (Å²) in [4.78, 5) is 0. The molecule has 0 spiro atoms. The molecule has 3 nitrogen and oxygen atoms in total. The molecule has 0 aliphatic heterocycles. The maximum atomic E-state index is 10.1. The van der Waals surface area contributed by atoms with Gasteiger partial charge in [-0.15, -0.1) is 0 Å². The normalized spacial score (nSPS) is 20.9. The Morgan fingerprint density at radius 2 is 1.33 bits per heavy atom. The van der Waals surface area contributed by atoms with Crippen molar-refractivity contribution in [1.82, 2.24) is 0 Å². The molecule has 3 atom stereocenters. The summed E-state index contributed by atoms with van der Waals surface area (Å²) in [6.45, 7) is 8.27. The fraction of sp³-hybridized carbons (Fsp3) is 0.379. The van der Waals surface area contributed by atoms with Gasteiger partial charge in [-0.3, -0.25) is 0 Å². The van der Waals surface area contributed by atoms with Crippen LogP contribution in [0.3, 0.4) is 0 Å². The molecule has 1 fully saturated rings. The van der Waals surface area contributed by atoms with E-state index in [1.165, 1.54) is 15.9 Å². The van der Waals surface area contributed by atoms with Crippen LogP contribution < -0.4 is 10.4 Å². The fourth-order valence-corrected chi connectivity index (χ4v) is 9.80. The minimum Gasteiger partial charge on any atom is -0.407 e. The Bertz CT molecular complexity index is 946. The molecule has 0 unspecified atom stereocenters. The summed E-state index contributed by atoms with van der Waals surface area (Å²) in [5.41, 5.74) is 1.17. The molecule has 33 heavy (non-hydrogen) atoms. The summed E-state index contributed by atoms with van der Waals surface area (Å²) in [6, 6.07) is 31.7. The molecule has 4 heteroatoms. The minimum absolute atomic E-state index is 0.0443. The van der Waals surface area contributed by atoms with Crippen LogP contribution in [0, 0.1) is 11.8 Å². The van der Waals surface area contributed by atoms with Crippen molar-refractivity contribution in [2.75, 3.05) is 13.2 Å². The molecule has 1 aliphatic carbocycles. The van der Waals surface area contributed by atoms with Crippen molar-refractivity contribution in [1.29, 1.82) is 0 Å². The fourth-order valence-electron chi connectivity index (χ4n) is 5.18. The third-order valence-electron chi connectivity index (χ3n) is 7.07. The monoisotopic (exact) mass is 460 g/mol. The lowest BCUT2D eigenvalue weighted by Gasteiger charge is -2.48. The number of aliphatic hydroxyl groups excluding tert-OH is 1. The zero-order valence-corrected chi connectivity index (χ0v) is 21.0. The highest BCUT2D eigenvalue weighted by atomic mass is 28.4. The third-order valence-corrected chi connectivity index (χ3v) is 12.1. The number of rotatable bonds is 9. The van der Waals surface area contributed by atoms with E-state index in [0.717, 1.165) is 6.42 Å². The Kier molecular flexibility index (Phi) is 7.50. The van der Waals surface area contributed by atoms with E-state index in [-0.39, 0.29) is 23.7 Å². The van der Waals surface area contributed by atoms with Crippen LogP contribution in [-0.2, 0) is 15.8 Å². The lowest BCUT2D eigenvalue weighted by Crippen LogP contribution is -2.67. The highest BCUT2D eigenvalue weighted by Crippen LogP contribution is 2.41. The molecule has 3 aromatic carbocycles. The van der Waals surface area contributed by atoms with Gasteiger partial charge in [0.15, 0.2) is 0 Å². The van der Waals surface area contributed by atoms with E-state index in [1.54, 1.807) is 0 Å². The minimum atomic E-state index is -2.55. The van der Waals surface area contributed by atoms with Crippen molar-refractivity contribution in [3.63, 3.8) is 0 Å². The number of benzene rings is 3. The van der Waals surface area contributed by atoms with Crippen LogP contribution in [0.25, 0.3) is 0 Å². The first-order valence-electron chi connectivity index (χ1n) is 12.0. The van der Waals surface area contributed by atoms with Crippen LogP contribution in [0.1, 0.15) is 32.8 Å². The average molecular weight is 461 g/mol. The second kappa shape index (κ2) is 10.4. The Labute approximate surface area is 199 Å². The summed E-state index contributed by atoms with van der Waals surface area (Å²) in [5.74, 6) is 0.421. The summed E-state index contributed by atoms with van der Waals surface area (Å²) in [5, 5.41) is 12.7. The van der Waals surface area contributed by atoms with Crippen LogP contribution >= 0.6 is 0 Å². The highest BCUT2D eigenvalue weighted by molar-refractivity contribution is 6.99. The molecule has 0 radical (unpaired) electrons. The summed E-state index contributed by atoms with van der Waals surface area (Å²) >= 11 is 0. The second-order valence-corrected chi connectivity index (χ2v) is 14.5. The predicted molar refractivity (Wildman–Crippen MR) is 137 cm³/mol.